The maximum Gasteiger partial charge on any atom is 0.252 e. The Bertz CT molecular complexity index is 1030. The standard InChI is InChI=1S/C21H27N9O2/c1-23-8-9-24-19(31)15-2-7-18(25-14-15)30-20(22)27-21(28-30)26-16-3-5-17(6-4-16)29-10-12-32-13-11-29/h2-7,14,23H,8-13H2,1H3,(H,24,31)(H3,22,26,27,28). The van der Waals surface area contributed by atoms with Crippen molar-refractivity contribution in [3.05, 3.63) is 48.2 Å². The molecule has 32 heavy (non-hydrogen) atoms. The van der Waals surface area contributed by atoms with Gasteiger partial charge in [-0.15, -0.1) is 5.10 Å². The van der Waals surface area contributed by atoms with Gasteiger partial charge in [0.05, 0.1) is 18.8 Å². The average Bonchev–Trinajstić information content (AvgIpc) is 3.20. The monoisotopic (exact) mass is 437 g/mol. The number of pyridine rings is 1. The maximum absolute atomic E-state index is 12.1. The molecule has 1 aliphatic heterocycles. The maximum atomic E-state index is 12.1. The lowest BCUT2D eigenvalue weighted by molar-refractivity contribution is 0.0953. The van der Waals surface area contributed by atoms with Crippen LogP contribution in [0.1, 0.15) is 10.4 Å². The van der Waals surface area contributed by atoms with Gasteiger partial charge < -0.3 is 31.3 Å². The van der Waals surface area contributed by atoms with Gasteiger partial charge in [0, 0.05) is 43.8 Å². The van der Waals surface area contributed by atoms with Gasteiger partial charge in [0.15, 0.2) is 5.82 Å². The molecule has 1 saturated heterocycles. The Morgan fingerprint density at radius 3 is 2.59 bits per heavy atom. The molecular formula is C21H27N9O2. The van der Waals surface area contributed by atoms with Crippen molar-refractivity contribution in [2.45, 2.75) is 0 Å². The Hall–Kier alpha value is -3.70. The number of ether oxygens (including phenoxy) is 1. The number of rotatable bonds is 8. The van der Waals surface area contributed by atoms with Crippen molar-refractivity contribution in [2.75, 3.05) is 62.4 Å². The van der Waals surface area contributed by atoms with Crippen molar-refractivity contribution in [3.63, 3.8) is 0 Å². The lowest BCUT2D eigenvalue weighted by atomic mass is 10.2. The lowest BCUT2D eigenvalue weighted by Gasteiger charge is -2.28. The van der Waals surface area contributed by atoms with Gasteiger partial charge in [-0.1, -0.05) is 0 Å². The van der Waals surface area contributed by atoms with Gasteiger partial charge in [-0.25, -0.2) is 4.98 Å². The zero-order chi connectivity index (χ0) is 22.3. The molecule has 1 aliphatic rings. The van der Waals surface area contributed by atoms with Crippen LogP contribution in [0, 0.1) is 0 Å². The molecule has 2 aromatic heterocycles. The van der Waals surface area contributed by atoms with Crippen LogP contribution in [0.2, 0.25) is 0 Å². The van der Waals surface area contributed by atoms with Gasteiger partial charge >= 0.3 is 0 Å². The second kappa shape index (κ2) is 10.1. The molecule has 4 rings (SSSR count). The molecule has 1 amide bonds. The first-order valence-electron chi connectivity index (χ1n) is 10.5. The fraction of sp³-hybridized carbons (Fsp3) is 0.333. The van der Waals surface area contributed by atoms with Crippen LogP contribution in [0.25, 0.3) is 5.82 Å². The average molecular weight is 438 g/mol. The Kier molecular flexibility index (Phi) is 6.78. The summed E-state index contributed by atoms with van der Waals surface area (Å²) in [7, 11) is 1.83. The molecule has 3 heterocycles. The molecule has 1 fully saturated rings. The first kappa shape index (κ1) is 21.5. The smallest absolute Gasteiger partial charge is 0.252 e. The van der Waals surface area contributed by atoms with E-state index >= 15 is 0 Å². The number of hydrogen-bond acceptors (Lipinski definition) is 9. The Balaban J connectivity index is 1.41. The molecule has 1 aromatic carbocycles. The molecular weight excluding hydrogens is 410 g/mol. The van der Waals surface area contributed by atoms with Gasteiger partial charge in [0.25, 0.3) is 5.91 Å². The summed E-state index contributed by atoms with van der Waals surface area (Å²) >= 11 is 0. The first-order valence-corrected chi connectivity index (χ1v) is 10.5. The minimum Gasteiger partial charge on any atom is -0.378 e. The number of morpholine rings is 1. The summed E-state index contributed by atoms with van der Waals surface area (Å²) in [6.45, 7) is 4.50. The van der Waals surface area contributed by atoms with Crippen molar-refractivity contribution in [3.8, 4) is 5.82 Å². The summed E-state index contributed by atoms with van der Waals surface area (Å²) in [4.78, 5) is 23.0. The summed E-state index contributed by atoms with van der Waals surface area (Å²) in [5, 5.41) is 13.3. The van der Waals surface area contributed by atoms with Crippen molar-refractivity contribution >= 4 is 29.2 Å². The van der Waals surface area contributed by atoms with E-state index in [0.29, 0.717) is 30.4 Å². The van der Waals surface area contributed by atoms with Crippen molar-refractivity contribution < 1.29 is 9.53 Å². The second-order valence-corrected chi connectivity index (χ2v) is 7.24. The molecule has 0 saturated carbocycles. The van der Waals surface area contributed by atoms with Gasteiger partial charge in [0.2, 0.25) is 11.9 Å². The van der Waals surface area contributed by atoms with Gasteiger partial charge in [-0.3, -0.25) is 4.79 Å². The molecule has 0 bridgehead atoms. The third-order valence-electron chi connectivity index (χ3n) is 5.02. The normalized spacial score (nSPS) is 13.7. The molecule has 11 nitrogen and oxygen atoms in total. The van der Waals surface area contributed by atoms with Crippen molar-refractivity contribution in [1.29, 1.82) is 0 Å². The largest absolute Gasteiger partial charge is 0.378 e. The van der Waals surface area contributed by atoms with E-state index in [2.05, 4.69) is 48.0 Å². The summed E-state index contributed by atoms with van der Waals surface area (Å²) < 4.78 is 6.82. The van der Waals surface area contributed by atoms with Crippen LogP contribution in [0.3, 0.4) is 0 Å². The van der Waals surface area contributed by atoms with Crippen LogP contribution < -0.4 is 26.6 Å². The fourth-order valence-corrected chi connectivity index (χ4v) is 3.30. The van der Waals surface area contributed by atoms with Crippen molar-refractivity contribution in [2.24, 2.45) is 0 Å². The van der Waals surface area contributed by atoms with E-state index < -0.39 is 0 Å². The number of nitrogens with one attached hydrogen (secondary N) is 3. The Morgan fingerprint density at radius 1 is 1.12 bits per heavy atom. The third kappa shape index (κ3) is 5.13. The highest BCUT2D eigenvalue weighted by Crippen LogP contribution is 2.21. The molecule has 0 atom stereocenters. The van der Waals surface area contributed by atoms with Crippen LogP contribution >= 0.6 is 0 Å². The Labute approximate surface area is 186 Å². The molecule has 11 heteroatoms. The molecule has 168 valence electrons. The van der Waals surface area contributed by atoms with Gasteiger partial charge in [0.1, 0.15) is 0 Å². The van der Waals surface area contributed by atoms with E-state index in [0.717, 1.165) is 37.7 Å². The van der Waals surface area contributed by atoms with Crippen LogP contribution in [0.5, 0.6) is 0 Å². The number of amides is 1. The molecule has 5 N–H and O–H groups in total. The van der Waals surface area contributed by atoms with E-state index in [1.54, 1.807) is 12.1 Å². The van der Waals surface area contributed by atoms with E-state index in [1.807, 2.05) is 19.2 Å². The summed E-state index contributed by atoms with van der Waals surface area (Å²) in [6.07, 6.45) is 1.49. The van der Waals surface area contributed by atoms with E-state index in [1.165, 1.54) is 10.9 Å². The Morgan fingerprint density at radius 2 is 1.91 bits per heavy atom. The number of nitrogen functional groups attached to an aromatic ring is 1. The highest BCUT2D eigenvalue weighted by Gasteiger charge is 2.13. The van der Waals surface area contributed by atoms with Crippen LogP contribution in [-0.4, -0.2) is 72.1 Å². The number of hydrogen-bond donors (Lipinski definition) is 4. The zero-order valence-corrected chi connectivity index (χ0v) is 17.9. The quantitative estimate of drug-likeness (QED) is 0.377. The molecule has 0 spiro atoms. The highest BCUT2D eigenvalue weighted by molar-refractivity contribution is 5.93. The van der Waals surface area contributed by atoms with E-state index in [4.69, 9.17) is 10.5 Å². The number of benzene rings is 1. The second-order valence-electron chi connectivity index (χ2n) is 7.24. The molecule has 3 aromatic rings. The highest BCUT2D eigenvalue weighted by atomic mass is 16.5. The fourth-order valence-electron chi connectivity index (χ4n) is 3.30. The number of carbonyl (C=O) groups excluding carboxylic acids is 1. The van der Waals surface area contributed by atoms with E-state index in [9.17, 15) is 4.79 Å². The lowest BCUT2D eigenvalue weighted by Crippen LogP contribution is -2.36. The minimum atomic E-state index is -0.186. The number of nitrogens with two attached hydrogens (primary N) is 1. The van der Waals surface area contributed by atoms with Crippen LogP contribution in [-0.2, 0) is 4.74 Å². The molecule has 0 radical (unpaired) electrons. The predicted octanol–water partition coefficient (Wildman–Crippen LogP) is 0.774. The van der Waals surface area contributed by atoms with Gasteiger partial charge in [-0.05, 0) is 43.4 Å². The minimum absolute atomic E-state index is 0.186. The third-order valence-corrected chi connectivity index (χ3v) is 5.02. The summed E-state index contributed by atoms with van der Waals surface area (Å²) in [5.74, 6) is 0.833. The zero-order valence-electron chi connectivity index (χ0n) is 17.9. The SMILES string of the molecule is CNCCNC(=O)c1ccc(-n2nc(Nc3ccc(N4CCOCC4)cc3)nc2N)nc1. The number of carbonyl (C=O) groups is 1. The summed E-state index contributed by atoms with van der Waals surface area (Å²) in [5.41, 5.74) is 8.49. The molecule has 0 aliphatic carbocycles. The number of anilines is 4. The first-order chi connectivity index (χ1) is 15.6. The van der Waals surface area contributed by atoms with E-state index in [-0.39, 0.29) is 11.9 Å². The van der Waals surface area contributed by atoms with Crippen LogP contribution in [0.4, 0.5) is 23.3 Å². The predicted molar refractivity (Wildman–Crippen MR) is 123 cm³/mol. The van der Waals surface area contributed by atoms with Crippen LogP contribution in [0.15, 0.2) is 42.6 Å². The summed E-state index contributed by atoms with van der Waals surface area (Å²) in [6, 6.07) is 11.4. The number of aromatic nitrogens is 4. The van der Waals surface area contributed by atoms with Gasteiger partial charge in [-0.2, -0.15) is 9.67 Å². The molecule has 0 unspecified atom stereocenters. The number of nitrogens with zero attached hydrogens (tertiary/aromatic N) is 5. The topological polar surface area (TPSA) is 135 Å². The number of likely N-dealkylation sites (N-methyl/N-ethyl adjacent to an activating group) is 1. The van der Waals surface area contributed by atoms with Crippen molar-refractivity contribution in [1.82, 2.24) is 30.4 Å².